The lowest BCUT2D eigenvalue weighted by Crippen LogP contribution is -1.89. The van der Waals surface area contributed by atoms with Crippen molar-refractivity contribution in [2.24, 2.45) is 0 Å². The molecule has 0 aliphatic heterocycles. The Morgan fingerprint density at radius 3 is 2.60 bits per heavy atom. The zero-order chi connectivity index (χ0) is 7.40. The molecule has 1 N–H and O–H groups in total. The van der Waals surface area contributed by atoms with E-state index in [1.54, 1.807) is 12.4 Å². The largest absolute Gasteiger partial charge is 0.289 e. The van der Waals surface area contributed by atoms with E-state index < -0.39 is 0 Å². The number of aromatic nitrogens is 2. The van der Waals surface area contributed by atoms with Crippen LogP contribution in [-0.2, 0) is 0 Å². The van der Waals surface area contributed by atoms with Crippen LogP contribution >= 0.6 is 46.3 Å². The Kier molecular flexibility index (Phi) is 3.71. The van der Waals surface area contributed by atoms with Crippen LogP contribution in [0.2, 0.25) is 0 Å². The van der Waals surface area contributed by atoms with Gasteiger partial charge in [0.05, 0.1) is 4.47 Å². The van der Waals surface area contributed by atoms with E-state index in [4.69, 9.17) is 0 Å². The molecule has 0 spiro atoms. The third-order valence-electron chi connectivity index (χ3n) is 0.750. The lowest BCUT2D eigenvalue weighted by atomic mass is 10.7. The summed E-state index contributed by atoms with van der Waals surface area (Å²) in [5.41, 5.74) is 0. The summed E-state index contributed by atoms with van der Waals surface area (Å²) in [7, 11) is 1.44. The van der Waals surface area contributed by atoms with E-state index >= 15 is 0 Å². The number of hydrogen-bond donors (Lipinski definition) is 1. The average molecular weight is 332 g/mol. The van der Waals surface area contributed by atoms with Gasteiger partial charge in [0.25, 0.3) is 0 Å². The molecule has 0 unspecified atom stereocenters. The first-order chi connectivity index (χ1) is 4.83. The molecule has 0 atom stereocenters. The number of rotatable bonds is 2. The molecule has 1 rings (SSSR count). The molecule has 0 radical (unpaired) electrons. The van der Waals surface area contributed by atoms with Crippen molar-refractivity contribution in [1.29, 1.82) is 0 Å². The standard InChI is InChI=1S/C4H3BrIN3S/c5-3-1-7-4(8-2-3)9-10-6/h1-2H,(H,7,8,9). The van der Waals surface area contributed by atoms with Gasteiger partial charge in [-0.2, -0.15) is 0 Å². The molecular formula is C4H3BrIN3S. The highest BCUT2D eigenvalue weighted by molar-refractivity contribution is 14.2. The van der Waals surface area contributed by atoms with Gasteiger partial charge in [0.1, 0.15) is 0 Å². The molecular weight excluding hydrogens is 329 g/mol. The normalized spacial score (nSPS) is 9.40. The summed E-state index contributed by atoms with van der Waals surface area (Å²) in [6.07, 6.45) is 3.39. The third kappa shape index (κ3) is 2.59. The SMILES string of the molecule is Brc1cnc(NSI)nc1. The maximum atomic E-state index is 3.97. The Morgan fingerprint density at radius 2 is 2.10 bits per heavy atom. The molecule has 1 heterocycles. The van der Waals surface area contributed by atoms with E-state index in [0.717, 1.165) is 4.47 Å². The van der Waals surface area contributed by atoms with Crippen molar-refractivity contribution >= 4 is 52.2 Å². The van der Waals surface area contributed by atoms with Crippen molar-refractivity contribution in [3.8, 4) is 0 Å². The summed E-state index contributed by atoms with van der Waals surface area (Å²) in [4.78, 5) is 7.95. The van der Waals surface area contributed by atoms with Crippen molar-refractivity contribution in [3.63, 3.8) is 0 Å². The van der Waals surface area contributed by atoms with Gasteiger partial charge in [-0.15, -0.1) is 0 Å². The van der Waals surface area contributed by atoms with Crippen molar-refractivity contribution < 1.29 is 0 Å². The van der Waals surface area contributed by atoms with E-state index in [-0.39, 0.29) is 0 Å². The predicted molar refractivity (Wildman–Crippen MR) is 55.0 cm³/mol. The highest BCUT2D eigenvalue weighted by Crippen LogP contribution is 2.14. The first kappa shape index (κ1) is 8.54. The van der Waals surface area contributed by atoms with E-state index in [0.29, 0.717) is 5.95 Å². The lowest BCUT2D eigenvalue weighted by molar-refractivity contribution is 1.17. The van der Waals surface area contributed by atoms with E-state index in [1.165, 1.54) is 9.12 Å². The summed E-state index contributed by atoms with van der Waals surface area (Å²) in [5.74, 6) is 0.627. The zero-order valence-electron chi connectivity index (χ0n) is 4.71. The van der Waals surface area contributed by atoms with E-state index in [9.17, 15) is 0 Å². The summed E-state index contributed by atoms with van der Waals surface area (Å²) >= 11 is 5.35. The Morgan fingerprint density at radius 1 is 1.50 bits per heavy atom. The summed E-state index contributed by atoms with van der Waals surface area (Å²) in [6, 6.07) is 0. The predicted octanol–water partition coefficient (Wildman–Crippen LogP) is 2.65. The van der Waals surface area contributed by atoms with Crippen LogP contribution in [0.25, 0.3) is 0 Å². The molecule has 0 aliphatic carbocycles. The molecule has 0 aliphatic rings. The molecule has 0 aromatic carbocycles. The van der Waals surface area contributed by atoms with Gasteiger partial charge >= 0.3 is 0 Å². The lowest BCUT2D eigenvalue weighted by Gasteiger charge is -1.95. The van der Waals surface area contributed by atoms with Gasteiger partial charge in [-0.3, -0.25) is 4.72 Å². The van der Waals surface area contributed by atoms with Gasteiger partial charge < -0.3 is 0 Å². The molecule has 0 fully saturated rings. The molecule has 0 amide bonds. The monoisotopic (exact) mass is 331 g/mol. The highest BCUT2D eigenvalue weighted by atomic mass is 127. The summed E-state index contributed by atoms with van der Waals surface area (Å²) in [6.45, 7) is 0. The van der Waals surface area contributed by atoms with Crippen LogP contribution in [0, 0.1) is 0 Å². The maximum Gasteiger partial charge on any atom is 0.233 e. The Bertz CT molecular complexity index is 204. The molecule has 54 valence electrons. The van der Waals surface area contributed by atoms with Gasteiger partial charge in [0.15, 0.2) is 0 Å². The number of anilines is 1. The quantitative estimate of drug-likeness (QED) is 0.668. The molecule has 1 aromatic rings. The minimum absolute atomic E-state index is 0.627. The second kappa shape index (κ2) is 4.35. The number of nitrogens with zero attached hydrogens (tertiary/aromatic N) is 2. The Labute approximate surface area is 83.3 Å². The van der Waals surface area contributed by atoms with Crippen LogP contribution in [0.4, 0.5) is 5.95 Å². The first-order valence-corrected chi connectivity index (χ1v) is 6.49. The van der Waals surface area contributed by atoms with Crippen LogP contribution in [0.5, 0.6) is 0 Å². The van der Waals surface area contributed by atoms with E-state index in [1.807, 2.05) is 0 Å². The van der Waals surface area contributed by atoms with Crippen LogP contribution < -0.4 is 4.72 Å². The van der Waals surface area contributed by atoms with E-state index in [2.05, 4.69) is 51.8 Å². The van der Waals surface area contributed by atoms with Gasteiger partial charge in [-0.25, -0.2) is 9.97 Å². The van der Waals surface area contributed by atoms with Gasteiger partial charge in [-0.05, 0) is 15.9 Å². The van der Waals surface area contributed by atoms with Gasteiger partial charge in [0.2, 0.25) is 5.95 Å². The molecule has 1 aromatic heterocycles. The highest BCUT2D eigenvalue weighted by Gasteiger charge is 1.91. The average Bonchev–Trinajstić information content (AvgIpc) is 1.95. The minimum Gasteiger partial charge on any atom is -0.289 e. The summed E-state index contributed by atoms with van der Waals surface area (Å²) < 4.78 is 3.78. The van der Waals surface area contributed by atoms with Crippen molar-refractivity contribution in [2.45, 2.75) is 0 Å². The number of nitrogens with one attached hydrogen (secondary N) is 1. The second-order valence-electron chi connectivity index (χ2n) is 1.40. The van der Waals surface area contributed by atoms with Crippen LogP contribution in [0.15, 0.2) is 16.9 Å². The van der Waals surface area contributed by atoms with Crippen LogP contribution in [-0.4, -0.2) is 9.97 Å². The molecule has 0 bridgehead atoms. The summed E-state index contributed by atoms with van der Waals surface area (Å²) in [5, 5.41) is 0. The Balaban J connectivity index is 2.69. The molecule has 6 heteroatoms. The van der Waals surface area contributed by atoms with Crippen molar-refractivity contribution in [3.05, 3.63) is 16.9 Å². The van der Waals surface area contributed by atoms with Crippen LogP contribution in [0.1, 0.15) is 0 Å². The molecule has 10 heavy (non-hydrogen) atoms. The number of halogens is 2. The smallest absolute Gasteiger partial charge is 0.233 e. The minimum atomic E-state index is 0.627. The maximum absolute atomic E-state index is 3.97. The van der Waals surface area contributed by atoms with Crippen molar-refractivity contribution in [1.82, 2.24) is 9.97 Å². The second-order valence-corrected chi connectivity index (χ2v) is 4.00. The van der Waals surface area contributed by atoms with Crippen LogP contribution in [0.3, 0.4) is 0 Å². The topological polar surface area (TPSA) is 37.8 Å². The zero-order valence-corrected chi connectivity index (χ0v) is 9.27. The first-order valence-electron chi connectivity index (χ1n) is 2.34. The molecule has 3 nitrogen and oxygen atoms in total. The third-order valence-corrected chi connectivity index (χ3v) is 2.08. The van der Waals surface area contributed by atoms with Crippen molar-refractivity contribution in [2.75, 3.05) is 4.72 Å². The fourth-order valence-electron chi connectivity index (χ4n) is 0.399. The molecule has 0 saturated carbocycles. The van der Waals surface area contributed by atoms with Gasteiger partial charge in [0, 0.05) is 42.7 Å². The molecule has 0 saturated heterocycles. The Hall–Kier alpha value is 0.440. The fourth-order valence-corrected chi connectivity index (χ4v) is 1.37. The number of hydrogen-bond acceptors (Lipinski definition) is 4. The van der Waals surface area contributed by atoms with Gasteiger partial charge in [-0.1, -0.05) is 0 Å². The fraction of sp³-hybridized carbons (Fsp3) is 0.